The Morgan fingerprint density at radius 2 is 1.88 bits per heavy atom. The van der Waals surface area contributed by atoms with E-state index in [1.165, 1.54) is 0 Å². The fourth-order valence-electron chi connectivity index (χ4n) is 3.09. The highest BCUT2D eigenvalue weighted by Crippen LogP contribution is 2.41. The van der Waals surface area contributed by atoms with E-state index >= 15 is 0 Å². The maximum atomic E-state index is 12.3. The Labute approximate surface area is 98.8 Å². The van der Waals surface area contributed by atoms with E-state index in [0.717, 1.165) is 32.6 Å². The summed E-state index contributed by atoms with van der Waals surface area (Å²) in [4.78, 5) is 16.8. The second-order valence-electron chi connectivity index (χ2n) is 6.19. The molecule has 3 nitrogen and oxygen atoms in total. The Morgan fingerprint density at radius 1 is 1.25 bits per heavy atom. The molecule has 2 saturated heterocycles. The molecule has 2 aliphatic heterocycles. The minimum atomic E-state index is -0.000833. The maximum Gasteiger partial charge on any atom is 0.231 e. The van der Waals surface area contributed by atoms with Crippen LogP contribution in [0.4, 0.5) is 0 Å². The first kappa shape index (κ1) is 11.9. The summed E-state index contributed by atoms with van der Waals surface area (Å²) in [6.07, 6.45) is 1.07. The molecule has 2 fully saturated rings. The maximum absolute atomic E-state index is 12.3. The third-order valence-electron chi connectivity index (χ3n) is 3.85. The molecule has 0 N–H and O–H groups in total. The fraction of sp³-hybridized carbons (Fsp3) is 0.923. The van der Waals surface area contributed by atoms with Gasteiger partial charge in [0.05, 0.1) is 5.41 Å². The lowest BCUT2D eigenvalue weighted by Crippen LogP contribution is -2.60. The number of carbonyl (C=O) groups is 1. The second kappa shape index (κ2) is 4.02. The summed E-state index contributed by atoms with van der Waals surface area (Å²) in [7, 11) is 0. The molecule has 0 aliphatic carbocycles. The monoisotopic (exact) mass is 224 g/mol. The standard InChI is InChI=1S/C13H24N2O/c1-10(2)7-14-8-13(9-14)5-6-15(11(3)4)12(13)16/h10-11H,5-9H2,1-4H3. The molecule has 3 heteroatoms. The van der Waals surface area contributed by atoms with Crippen molar-refractivity contribution in [2.24, 2.45) is 11.3 Å². The molecule has 0 aromatic heterocycles. The highest BCUT2D eigenvalue weighted by molar-refractivity contribution is 5.86. The number of likely N-dealkylation sites (tertiary alicyclic amines) is 2. The quantitative estimate of drug-likeness (QED) is 0.727. The van der Waals surface area contributed by atoms with Crippen LogP contribution >= 0.6 is 0 Å². The first-order valence-electron chi connectivity index (χ1n) is 6.48. The molecular weight excluding hydrogens is 200 g/mol. The summed E-state index contributed by atoms with van der Waals surface area (Å²) >= 11 is 0. The molecule has 2 heterocycles. The van der Waals surface area contributed by atoms with Crippen molar-refractivity contribution in [2.75, 3.05) is 26.2 Å². The molecule has 2 rings (SSSR count). The number of nitrogens with zero attached hydrogens (tertiary/aromatic N) is 2. The van der Waals surface area contributed by atoms with E-state index in [1.54, 1.807) is 0 Å². The van der Waals surface area contributed by atoms with E-state index in [4.69, 9.17) is 0 Å². The smallest absolute Gasteiger partial charge is 0.231 e. The highest BCUT2D eigenvalue weighted by atomic mass is 16.2. The van der Waals surface area contributed by atoms with Gasteiger partial charge in [0.15, 0.2) is 0 Å². The Kier molecular flexibility index (Phi) is 2.99. The molecule has 1 amide bonds. The van der Waals surface area contributed by atoms with Crippen LogP contribution in [0.1, 0.15) is 34.1 Å². The summed E-state index contributed by atoms with van der Waals surface area (Å²) in [5.41, 5.74) is -0.000833. The van der Waals surface area contributed by atoms with Crippen molar-refractivity contribution in [1.29, 1.82) is 0 Å². The van der Waals surface area contributed by atoms with Crippen LogP contribution in [0.15, 0.2) is 0 Å². The second-order valence-corrected chi connectivity index (χ2v) is 6.19. The van der Waals surface area contributed by atoms with Gasteiger partial charge in [-0.1, -0.05) is 13.8 Å². The van der Waals surface area contributed by atoms with Crippen LogP contribution in [0, 0.1) is 11.3 Å². The van der Waals surface area contributed by atoms with Gasteiger partial charge in [0.25, 0.3) is 0 Å². The van der Waals surface area contributed by atoms with E-state index in [1.807, 2.05) is 4.90 Å². The summed E-state index contributed by atoms with van der Waals surface area (Å²) < 4.78 is 0. The third kappa shape index (κ3) is 1.86. The first-order valence-corrected chi connectivity index (χ1v) is 6.48. The van der Waals surface area contributed by atoms with Crippen molar-refractivity contribution in [2.45, 2.75) is 40.2 Å². The van der Waals surface area contributed by atoms with Crippen LogP contribution in [0.25, 0.3) is 0 Å². The zero-order valence-electron chi connectivity index (χ0n) is 11.0. The molecule has 0 atom stereocenters. The number of hydrogen-bond acceptors (Lipinski definition) is 2. The topological polar surface area (TPSA) is 23.6 Å². The number of hydrogen-bond donors (Lipinski definition) is 0. The molecule has 0 radical (unpaired) electrons. The minimum Gasteiger partial charge on any atom is -0.340 e. The average Bonchev–Trinajstić information content (AvgIpc) is 2.42. The van der Waals surface area contributed by atoms with Gasteiger partial charge in [-0.25, -0.2) is 0 Å². The van der Waals surface area contributed by atoms with Crippen molar-refractivity contribution >= 4 is 5.91 Å². The molecular formula is C13H24N2O. The lowest BCUT2D eigenvalue weighted by molar-refractivity contribution is -0.146. The van der Waals surface area contributed by atoms with E-state index in [2.05, 4.69) is 32.6 Å². The van der Waals surface area contributed by atoms with Gasteiger partial charge in [0.1, 0.15) is 0 Å². The lowest BCUT2D eigenvalue weighted by Gasteiger charge is -2.47. The molecule has 0 unspecified atom stereocenters. The molecule has 0 aromatic carbocycles. The van der Waals surface area contributed by atoms with Gasteiger partial charge in [-0.2, -0.15) is 0 Å². The largest absolute Gasteiger partial charge is 0.340 e. The van der Waals surface area contributed by atoms with E-state index in [9.17, 15) is 4.79 Å². The predicted molar refractivity (Wildman–Crippen MR) is 65.2 cm³/mol. The van der Waals surface area contributed by atoms with Crippen molar-refractivity contribution in [1.82, 2.24) is 9.80 Å². The molecule has 16 heavy (non-hydrogen) atoms. The van der Waals surface area contributed by atoms with E-state index in [0.29, 0.717) is 17.9 Å². The van der Waals surface area contributed by atoms with Gasteiger partial charge in [-0.05, 0) is 26.2 Å². The van der Waals surface area contributed by atoms with Crippen LogP contribution in [0.5, 0.6) is 0 Å². The van der Waals surface area contributed by atoms with Gasteiger partial charge < -0.3 is 9.80 Å². The minimum absolute atomic E-state index is 0.000833. The van der Waals surface area contributed by atoms with Crippen molar-refractivity contribution in [3.63, 3.8) is 0 Å². The van der Waals surface area contributed by atoms with Gasteiger partial charge in [0, 0.05) is 32.2 Å². The number of amides is 1. The lowest BCUT2D eigenvalue weighted by atomic mass is 9.78. The van der Waals surface area contributed by atoms with Crippen molar-refractivity contribution in [3.8, 4) is 0 Å². The molecule has 0 aromatic rings. The van der Waals surface area contributed by atoms with Crippen LogP contribution in [0.2, 0.25) is 0 Å². The van der Waals surface area contributed by atoms with Gasteiger partial charge in [-0.3, -0.25) is 4.79 Å². The van der Waals surface area contributed by atoms with Crippen LogP contribution < -0.4 is 0 Å². The van der Waals surface area contributed by atoms with Crippen LogP contribution in [0.3, 0.4) is 0 Å². The zero-order chi connectivity index (χ0) is 11.9. The first-order chi connectivity index (χ1) is 7.44. The average molecular weight is 224 g/mol. The van der Waals surface area contributed by atoms with E-state index in [-0.39, 0.29) is 5.41 Å². The summed E-state index contributed by atoms with van der Waals surface area (Å²) in [6.45, 7) is 12.8. The van der Waals surface area contributed by atoms with Crippen LogP contribution in [-0.2, 0) is 4.79 Å². The zero-order valence-corrected chi connectivity index (χ0v) is 11.0. The molecule has 0 saturated carbocycles. The SMILES string of the molecule is CC(C)CN1CC2(CCN(C(C)C)C2=O)C1. The van der Waals surface area contributed by atoms with Gasteiger partial charge >= 0.3 is 0 Å². The van der Waals surface area contributed by atoms with Crippen molar-refractivity contribution < 1.29 is 4.79 Å². The summed E-state index contributed by atoms with van der Waals surface area (Å²) in [5, 5.41) is 0. The Balaban J connectivity index is 1.92. The van der Waals surface area contributed by atoms with Crippen molar-refractivity contribution in [3.05, 3.63) is 0 Å². The third-order valence-corrected chi connectivity index (χ3v) is 3.85. The van der Waals surface area contributed by atoms with Gasteiger partial charge in [-0.15, -0.1) is 0 Å². The molecule has 2 aliphatic rings. The Bertz CT molecular complexity index is 280. The fourth-order valence-corrected chi connectivity index (χ4v) is 3.09. The normalized spacial score (nSPS) is 24.9. The highest BCUT2D eigenvalue weighted by Gasteiger charge is 2.54. The Morgan fingerprint density at radius 3 is 2.31 bits per heavy atom. The molecule has 92 valence electrons. The molecule has 1 spiro atoms. The van der Waals surface area contributed by atoms with E-state index < -0.39 is 0 Å². The number of carbonyl (C=O) groups excluding carboxylic acids is 1. The summed E-state index contributed by atoms with van der Waals surface area (Å²) in [5.74, 6) is 1.11. The summed E-state index contributed by atoms with van der Waals surface area (Å²) in [6, 6.07) is 0.367. The van der Waals surface area contributed by atoms with Crippen LogP contribution in [-0.4, -0.2) is 47.9 Å². The predicted octanol–water partition coefficient (Wildman–Crippen LogP) is 1.59. The van der Waals surface area contributed by atoms with Gasteiger partial charge in [0.2, 0.25) is 5.91 Å². The Hall–Kier alpha value is -0.570. The molecule has 0 bridgehead atoms. The number of rotatable bonds is 3.